The maximum Gasteiger partial charge on any atom is 0.273 e. The summed E-state index contributed by atoms with van der Waals surface area (Å²) in [5, 5.41) is 11.4. The van der Waals surface area contributed by atoms with Crippen LogP contribution in [0.4, 0.5) is 0 Å². The molecule has 0 saturated carbocycles. The lowest BCUT2D eigenvalue weighted by Gasteiger charge is -2.25. The van der Waals surface area contributed by atoms with Crippen LogP contribution in [0.3, 0.4) is 0 Å². The van der Waals surface area contributed by atoms with Crippen molar-refractivity contribution in [1.82, 2.24) is 20.3 Å². The highest BCUT2D eigenvalue weighted by Gasteiger charge is 2.22. The van der Waals surface area contributed by atoms with Crippen LogP contribution in [0.25, 0.3) is 5.69 Å². The number of benzene rings is 2. The molecule has 1 amide bonds. The molecule has 2 aromatic carbocycles. The average molecular weight is 355 g/mol. The molecular formula is C19H19ClN4O. The van der Waals surface area contributed by atoms with Gasteiger partial charge in [-0.25, -0.2) is 4.68 Å². The first-order chi connectivity index (χ1) is 12.0. The second-order valence-electron chi connectivity index (χ2n) is 6.43. The van der Waals surface area contributed by atoms with E-state index in [1.54, 1.807) is 12.3 Å². The molecule has 0 bridgehead atoms. The van der Waals surface area contributed by atoms with E-state index in [1.807, 2.05) is 36.4 Å². The summed E-state index contributed by atoms with van der Waals surface area (Å²) in [6.07, 6.45) is 1.58. The number of rotatable bonds is 5. The minimum absolute atomic E-state index is 0.185. The SMILES string of the molecule is CC(C)(CNC(=O)c1cn(-c2ccccc2Cl)nn1)c1ccccc1. The predicted molar refractivity (Wildman–Crippen MR) is 98.2 cm³/mol. The quantitative estimate of drug-likeness (QED) is 0.761. The van der Waals surface area contributed by atoms with Crippen LogP contribution in [0, 0.1) is 0 Å². The topological polar surface area (TPSA) is 59.8 Å². The summed E-state index contributed by atoms with van der Waals surface area (Å²) in [5.41, 5.74) is 1.91. The van der Waals surface area contributed by atoms with Crippen LogP contribution in [0.1, 0.15) is 29.9 Å². The molecule has 0 atom stereocenters. The minimum Gasteiger partial charge on any atom is -0.350 e. The molecule has 5 nitrogen and oxygen atoms in total. The first kappa shape index (κ1) is 17.2. The zero-order valence-corrected chi connectivity index (χ0v) is 14.9. The Kier molecular flexibility index (Phi) is 4.86. The third-order valence-corrected chi connectivity index (χ3v) is 4.39. The molecule has 0 fully saturated rings. The van der Waals surface area contributed by atoms with Gasteiger partial charge in [-0.2, -0.15) is 0 Å². The third kappa shape index (κ3) is 3.88. The summed E-state index contributed by atoms with van der Waals surface area (Å²) in [4.78, 5) is 12.4. The number of para-hydroxylation sites is 1. The molecule has 0 aliphatic rings. The van der Waals surface area contributed by atoms with E-state index in [-0.39, 0.29) is 17.0 Å². The molecular weight excluding hydrogens is 336 g/mol. The summed E-state index contributed by atoms with van der Waals surface area (Å²) >= 11 is 6.15. The molecule has 1 aromatic heterocycles. The van der Waals surface area contributed by atoms with Crippen molar-refractivity contribution in [3.63, 3.8) is 0 Å². The van der Waals surface area contributed by atoms with E-state index in [4.69, 9.17) is 11.6 Å². The number of carbonyl (C=O) groups excluding carboxylic acids is 1. The van der Waals surface area contributed by atoms with Gasteiger partial charge in [0.2, 0.25) is 0 Å². The smallest absolute Gasteiger partial charge is 0.273 e. The molecule has 3 rings (SSSR count). The Labute approximate surface area is 151 Å². The summed E-state index contributed by atoms with van der Waals surface area (Å²) in [6.45, 7) is 4.67. The summed E-state index contributed by atoms with van der Waals surface area (Å²) in [5.74, 6) is -0.262. The molecule has 128 valence electrons. The van der Waals surface area contributed by atoms with Crippen LogP contribution >= 0.6 is 11.6 Å². The second-order valence-corrected chi connectivity index (χ2v) is 6.84. The third-order valence-electron chi connectivity index (χ3n) is 4.07. The van der Waals surface area contributed by atoms with Crippen molar-refractivity contribution in [3.05, 3.63) is 77.1 Å². The van der Waals surface area contributed by atoms with Crippen molar-refractivity contribution in [2.75, 3.05) is 6.54 Å². The molecule has 1 heterocycles. The molecule has 0 aliphatic carbocycles. The van der Waals surface area contributed by atoms with Crippen molar-refractivity contribution in [3.8, 4) is 5.69 Å². The summed E-state index contributed by atoms with van der Waals surface area (Å²) in [7, 11) is 0. The van der Waals surface area contributed by atoms with Gasteiger partial charge in [0.1, 0.15) is 0 Å². The maximum absolute atomic E-state index is 12.4. The standard InChI is InChI=1S/C19H19ClN4O/c1-19(2,14-8-4-3-5-9-14)13-21-18(25)16-12-24(23-22-16)17-11-7-6-10-15(17)20/h3-12H,13H2,1-2H3,(H,21,25). The lowest BCUT2D eigenvalue weighted by Crippen LogP contribution is -2.36. The Hall–Kier alpha value is -2.66. The zero-order chi connectivity index (χ0) is 17.9. The van der Waals surface area contributed by atoms with Gasteiger partial charge in [-0.15, -0.1) is 5.10 Å². The predicted octanol–water partition coefficient (Wildman–Crippen LogP) is 3.63. The Morgan fingerprint density at radius 1 is 1.12 bits per heavy atom. The van der Waals surface area contributed by atoms with E-state index in [1.165, 1.54) is 4.68 Å². The number of aromatic nitrogens is 3. The van der Waals surface area contributed by atoms with E-state index in [0.717, 1.165) is 5.56 Å². The van der Waals surface area contributed by atoms with Gasteiger partial charge in [0, 0.05) is 12.0 Å². The highest BCUT2D eigenvalue weighted by Crippen LogP contribution is 2.22. The lowest BCUT2D eigenvalue weighted by atomic mass is 9.84. The van der Waals surface area contributed by atoms with E-state index < -0.39 is 0 Å². The van der Waals surface area contributed by atoms with Crippen molar-refractivity contribution in [1.29, 1.82) is 0 Å². The molecule has 1 N–H and O–H groups in total. The van der Waals surface area contributed by atoms with Crippen LogP contribution < -0.4 is 5.32 Å². The second kappa shape index (κ2) is 7.07. The number of nitrogens with one attached hydrogen (secondary N) is 1. The first-order valence-corrected chi connectivity index (χ1v) is 8.36. The average Bonchev–Trinajstić information content (AvgIpc) is 3.11. The molecule has 0 spiro atoms. The van der Waals surface area contributed by atoms with Gasteiger partial charge in [0.05, 0.1) is 16.9 Å². The highest BCUT2D eigenvalue weighted by atomic mass is 35.5. The molecule has 6 heteroatoms. The summed E-state index contributed by atoms with van der Waals surface area (Å²) in [6, 6.07) is 17.3. The van der Waals surface area contributed by atoms with Gasteiger partial charge in [-0.05, 0) is 17.7 Å². The highest BCUT2D eigenvalue weighted by molar-refractivity contribution is 6.32. The van der Waals surface area contributed by atoms with Crippen LogP contribution in [0.2, 0.25) is 5.02 Å². The number of nitrogens with zero attached hydrogens (tertiary/aromatic N) is 3. The number of hydrogen-bond donors (Lipinski definition) is 1. The fourth-order valence-electron chi connectivity index (χ4n) is 2.51. The van der Waals surface area contributed by atoms with Gasteiger partial charge in [-0.1, -0.05) is 73.1 Å². The van der Waals surface area contributed by atoms with Gasteiger partial charge < -0.3 is 5.32 Å². The van der Waals surface area contributed by atoms with Crippen molar-refractivity contribution in [2.45, 2.75) is 19.3 Å². The zero-order valence-electron chi connectivity index (χ0n) is 14.1. The molecule has 0 saturated heterocycles. The molecule has 3 aromatic rings. The van der Waals surface area contributed by atoms with E-state index >= 15 is 0 Å². The van der Waals surface area contributed by atoms with Gasteiger partial charge in [0.15, 0.2) is 5.69 Å². The normalized spacial score (nSPS) is 11.3. The van der Waals surface area contributed by atoms with Crippen LogP contribution in [-0.4, -0.2) is 27.4 Å². The van der Waals surface area contributed by atoms with Crippen molar-refractivity contribution < 1.29 is 4.79 Å². The Morgan fingerprint density at radius 2 is 1.80 bits per heavy atom. The largest absolute Gasteiger partial charge is 0.350 e. The minimum atomic E-state index is -0.262. The monoisotopic (exact) mass is 354 g/mol. The number of hydrogen-bond acceptors (Lipinski definition) is 3. The summed E-state index contributed by atoms with van der Waals surface area (Å²) < 4.78 is 1.50. The van der Waals surface area contributed by atoms with Gasteiger partial charge in [0.25, 0.3) is 5.91 Å². The Bertz CT molecular complexity index is 874. The van der Waals surface area contributed by atoms with Crippen molar-refractivity contribution >= 4 is 17.5 Å². The Balaban J connectivity index is 1.70. The fourth-order valence-corrected chi connectivity index (χ4v) is 2.73. The fraction of sp³-hybridized carbons (Fsp3) is 0.211. The first-order valence-electron chi connectivity index (χ1n) is 7.98. The van der Waals surface area contributed by atoms with E-state index in [0.29, 0.717) is 17.3 Å². The number of halogens is 1. The number of amides is 1. The maximum atomic E-state index is 12.4. The lowest BCUT2D eigenvalue weighted by molar-refractivity contribution is 0.0940. The van der Waals surface area contributed by atoms with E-state index in [9.17, 15) is 4.79 Å². The Morgan fingerprint density at radius 3 is 2.52 bits per heavy atom. The van der Waals surface area contributed by atoms with Gasteiger partial charge >= 0.3 is 0 Å². The van der Waals surface area contributed by atoms with Gasteiger partial charge in [-0.3, -0.25) is 4.79 Å². The van der Waals surface area contributed by atoms with Crippen molar-refractivity contribution in [2.24, 2.45) is 0 Å². The van der Waals surface area contributed by atoms with E-state index in [2.05, 4.69) is 41.6 Å². The molecule has 25 heavy (non-hydrogen) atoms. The van der Waals surface area contributed by atoms with Crippen LogP contribution in [0.5, 0.6) is 0 Å². The molecule has 0 radical (unpaired) electrons. The van der Waals surface area contributed by atoms with Crippen LogP contribution in [-0.2, 0) is 5.41 Å². The molecule has 0 aliphatic heterocycles. The molecule has 0 unspecified atom stereocenters. The van der Waals surface area contributed by atoms with Crippen LogP contribution in [0.15, 0.2) is 60.8 Å². The number of carbonyl (C=O) groups is 1.